The summed E-state index contributed by atoms with van der Waals surface area (Å²) in [5.41, 5.74) is 5.90. The standard InChI is InChI=1S/C15H30N2O3/c1-6-9(3)11(5)12(8-13(18)19)17-15(20)14(16)10(4)7-2/h9-12,14H,6-8,16H2,1-5H3,(H,17,20)(H,18,19). The summed E-state index contributed by atoms with van der Waals surface area (Å²) in [6.07, 6.45) is 1.70. The average molecular weight is 286 g/mol. The number of aliphatic carboxylic acids is 1. The van der Waals surface area contributed by atoms with E-state index in [0.717, 1.165) is 12.8 Å². The van der Waals surface area contributed by atoms with Crippen LogP contribution in [0.25, 0.3) is 0 Å². The molecule has 0 saturated heterocycles. The first-order chi connectivity index (χ1) is 9.24. The maximum atomic E-state index is 12.1. The molecule has 0 heterocycles. The summed E-state index contributed by atoms with van der Waals surface area (Å²) in [4.78, 5) is 23.1. The largest absolute Gasteiger partial charge is 0.481 e. The Labute approximate surface area is 122 Å². The van der Waals surface area contributed by atoms with Crippen LogP contribution in [0.15, 0.2) is 0 Å². The third kappa shape index (κ3) is 5.90. The SMILES string of the molecule is CCC(C)C(N)C(=O)NC(CC(=O)O)C(C)C(C)CC. The Kier molecular flexibility index (Phi) is 8.46. The van der Waals surface area contributed by atoms with E-state index in [-0.39, 0.29) is 30.2 Å². The summed E-state index contributed by atoms with van der Waals surface area (Å²) >= 11 is 0. The Bertz CT molecular complexity index is 320. The van der Waals surface area contributed by atoms with E-state index in [9.17, 15) is 9.59 Å². The molecule has 0 aromatic rings. The van der Waals surface area contributed by atoms with Crippen molar-refractivity contribution in [2.24, 2.45) is 23.5 Å². The zero-order valence-electron chi connectivity index (χ0n) is 13.3. The van der Waals surface area contributed by atoms with Gasteiger partial charge >= 0.3 is 5.97 Å². The molecule has 1 amide bonds. The van der Waals surface area contributed by atoms with Crippen molar-refractivity contribution in [3.63, 3.8) is 0 Å². The Hall–Kier alpha value is -1.10. The molecule has 5 atom stereocenters. The lowest BCUT2D eigenvalue weighted by atomic mass is 9.85. The lowest BCUT2D eigenvalue weighted by Crippen LogP contribution is -2.51. The summed E-state index contributed by atoms with van der Waals surface area (Å²) in [6.45, 7) is 10.0. The smallest absolute Gasteiger partial charge is 0.305 e. The Balaban J connectivity index is 4.80. The highest BCUT2D eigenvalue weighted by Gasteiger charge is 2.28. The number of rotatable bonds is 9. The number of amides is 1. The minimum Gasteiger partial charge on any atom is -0.481 e. The second-order valence-corrected chi connectivity index (χ2v) is 5.87. The highest BCUT2D eigenvalue weighted by molar-refractivity contribution is 5.82. The van der Waals surface area contributed by atoms with Gasteiger partial charge in [-0.15, -0.1) is 0 Å². The zero-order valence-corrected chi connectivity index (χ0v) is 13.3. The Morgan fingerprint density at radius 3 is 2.00 bits per heavy atom. The molecule has 0 aromatic carbocycles. The van der Waals surface area contributed by atoms with Crippen molar-refractivity contribution in [2.75, 3.05) is 0 Å². The van der Waals surface area contributed by atoms with Crippen LogP contribution in [0, 0.1) is 17.8 Å². The van der Waals surface area contributed by atoms with E-state index in [0.29, 0.717) is 5.92 Å². The summed E-state index contributed by atoms with van der Waals surface area (Å²) in [5, 5.41) is 11.8. The third-order valence-electron chi connectivity index (χ3n) is 4.46. The average Bonchev–Trinajstić information content (AvgIpc) is 2.42. The second-order valence-electron chi connectivity index (χ2n) is 5.87. The number of hydrogen-bond donors (Lipinski definition) is 3. The highest BCUT2D eigenvalue weighted by atomic mass is 16.4. The first-order valence-electron chi connectivity index (χ1n) is 7.52. The van der Waals surface area contributed by atoms with E-state index in [2.05, 4.69) is 19.2 Å². The summed E-state index contributed by atoms with van der Waals surface area (Å²) in [7, 11) is 0. The van der Waals surface area contributed by atoms with Gasteiger partial charge in [-0.25, -0.2) is 0 Å². The molecule has 0 rings (SSSR count). The minimum atomic E-state index is -0.900. The highest BCUT2D eigenvalue weighted by Crippen LogP contribution is 2.21. The van der Waals surface area contributed by atoms with Crippen LogP contribution in [0.3, 0.4) is 0 Å². The van der Waals surface area contributed by atoms with Crippen molar-refractivity contribution in [3.05, 3.63) is 0 Å². The van der Waals surface area contributed by atoms with Gasteiger partial charge in [-0.3, -0.25) is 9.59 Å². The van der Waals surface area contributed by atoms with Gasteiger partial charge in [-0.2, -0.15) is 0 Å². The lowest BCUT2D eigenvalue weighted by molar-refractivity contribution is -0.138. The maximum Gasteiger partial charge on any atom is 0.305 e. The van der Waals surface area contributed by atoms with Gasteiger partial charge in [-0.05, 0) is 17.8 Å². The number of carboxylic acid groups (broad SMARTS) is 1. The number of carbonyl (C=O) groups is 2. The molecule has 0 aliphatic heterocycles. The lowest BCUT2D eigenvalue weighted by Gasteiger charge is -2.30. The molecule has 0 fully saturated rings. The van der Waals surface area contributed by atoms with Crippen molar-refractivity contribution in [3.8, 4) is 0 Å². The third-order valence-corrected chi connectivity index (χ3v) is 4.46. The van der Waals surface area contributed by atoms with Crippen LogP contribution in [-0.2, 0) is 9.59 Å². The molecule has 0 bridgehead atoms. The first-order valence-corrected chi connectivity index (χ1v) is 7.52. The first kappa shape index (κ1) is 18.9. The van der Waals surface area contributed by atoms with E-state index >= 15 is 0 Å². The van der Waals surface area contributed by atoms with Crippen LogP contribution >= 0.6 is 0 Å². The molecule has 5 heteroatoms. The second kappa shape index (κ2) is 8.95. The molecule has 20 heavy (non-hydrogen) atoms. The fourth-order valence-electron chi connectivity index (χ4n) is 2.12. The fourth-order valence-corrected chi connectivity index (χ4v) is 2.12. The van der Waals surface area contributed by atoms with E-state index in [4.69, 9.17) is 10.8 Å². The quantitative estimate of drug-likeness (QED) is 0.604. The number of nitrogens with one attached hydrogen (secondary N) is 1. The normalized spacial score (nSPS) is 18.7. The van der Waals surface area contributed by atoms with Gasteiger partial charge in [0.05, 0.1) is 12.5 Å². The number of carboxylic acids is 1. The van der Waals surface area contributed by atoms with E-state index < -0.39 is 12.0 Å². The van der Waals surface area contributed by atoms with Gasteiger partial charge < -0.3 is 16.2 Å². The van der Waals surface area contributed by atoms with E-state index in [1.165, 1.54) is 0 Å². The molecule has 0 radical (unpaired) electrons. The zero-order chi connectivity index (χ0) is 15.9. The monoisotopic (exact) mass is 286 g/mol. The van der Waals surface area contributed by atoms with Crippen LogP contribution in [0.1, 0.15) is 53.9 Å². The molecule has 4 N–H and O–H groups in total. The molecular formula is C15H30N2O3. The molecular weight excluding hydrogens is 256 g/mol. The molecule has 0 aliphatic rings. The summed E-state index contributed by atoms with van der Waals surface area (Å²) < 4.78 is 0. The predicted octanol–water partition coefficient (Wildman–Crippen LogP) is 2.00. The fraction of sp³-hybridized carbons (Fsp3) is 0.867. The van der Waals surface area contributed by atoms with Crippen molar-refractivity contribution in [1.82, 2.24) is 5.32 Å². The van der Waals surface area contributed by atoms with Crippen LogP contribution in [0.5, 0.6) is 0 Å². The summed E-state index contributed by atoms with van der Waals surface area (Å²) in [5.74, 6) is -0.619. The molecule has 0 aliphatic carbocycles. The minimum absolute atomic E-state index is 0.0650. The Morgan fingerprint density at radius 1 is 1.10 bits per heavy atom. The molecule has 0 aromatic heterocycles. The van der Waals surface area contributed by atoms with Crippen LogP contribution in [0.4, 0.5) is 0 Å². The van der Waals surface area contributed by atoms with Crippen molar-refractivity contribution in [2.45, 2.75) is 66.0 Å². The molecule has 0 saturated carbocycles. The predicted molar refractivity (Wildman–Crippen MR) is 80.2 cm³/mol. The van der Waals surface area contributed by atoms with Gasteiger partial charge in [0.2, 0.25) is 5.91 Å². The summed E-state index contributed by atoms with van der Waals surface area (Å²) in [6, 6.07) is -0.953. The van der Waals surface area contributed by atoms with E-state index in [1.807, 2.05) is 20.8 Å². The van der Waals surface area contributed by atoms with Crippen molar-refractivity contribution >= 4 is 11.9 Å². The van der Waals surface area contributed by atoms with Gasteiger partial charge in [0.1, 0.15) is 0 Å². The van der Waals surface area contributed by atoms with Gasteiger partial charge in [0, 0.05) is 6.04 Å². The molecule has 118 valence electrons. The molecule has 0 spiro atoms. The number of nitrogens with two attached hydrogens (primary N) is 1. The number of carbonyl (C=O) groups excluding carboxylic acids is 1. The van der Waals surface area contributed by atoms with E-state index in [1.54, 1.807) is 0 Å². The molecule has 5 unspecified atom stereocenters. The number of hydrogen-bond acceptors (Lipinski definition) is 3. The van der Waals surface area contributed by atoms with Gasteiger partial charge in [-0.1, -0.05) is 47.5 Å². The van der Waals surface area contributed by atoms with Crippen molar-refractivity contribution < 1.29 is 14.7 Å². The Morgan fingerprint density at radius 2 is 1.60 bits per heavy atom. The van der Waals surface area contributed by atoms with Gasteiger partial charge in [0.15, 0.2) is 0 Å². The maximum absolute atomic E-state index is 12.1. The topological polar surface area (TPSA) is 92.4 Å². The van der Waals surface area contributed by atoms with Gasteiger partial charge in [0.25, 0.3) is 0 Å². The van der Waals surface area contributed by atoms with Crippen LogP contribution < -0.4 is 11.1 Å². The molecule has 5 nitrogen and oxygen atoms in total. The van der Waals surface area contributed by atoms with Crippen LogP contribution in [-0.4, -0.2) is 29.1 Å². The van der Waals surface area contributed by atoms with Crippen molar-refractivity contribution in [1.29, 1.82) is 0 Å². The van der Waals surface area contributed by atoms with Crippen LogP contribution in [0.2, 0.25) is 0 Å².